The van der Waals surface area contributed by atoms with Gasteiger partial charge in [0.15, 0.2) is 5.95 Å². The van der Waals surface area contributed by atoms with Crippen molar-refractivity contribution in [1.82, 2.24) is 5.27 Å². The van der Waals surface area contributed by atoms with Gasteiger partial charge in [0, 0.05) is 17.8 Å². The Hall–Kier alpha value is -2.80. The Morgan fingerprint density at radius 2 is 1.84 bits per heavy atom. The summed E-state index contributed by atoms with van der Waals surface area (Å²) in [7, 11) is 0. The van der Waals surface area contributed by atoms with E-state index >= 15 is 0 Å². The lowest BCUT2D eigenvalue weighted by Gasteiger charge is -2.10. The second-order valence-electron chi connectivity index (χ2n) is 5.52. The number of carbonyl (C=O) groups is 1. The number of aryl methyl sites for hydroxylation is 2. The molecule has 25 heavy (non-hydrogen) atoms. The van der Waals surface area contributed by atoms with Gasteiger partial charge in [-0.3, -0.25) is 4.79 Å². The lowest BCUT2D eigenvalue weighted by atomic mass is 10.1. The number of anilines is 1. The Labute approximate surface area is 149 Å². The van der Waals surface area contributed by atoms with Gasteiger partial charge in [-0.05, 0) is 41.4 Å². The lowest BCUT2D eigenvalue weighted by molar-refractivity contribution is -0.705. The molecule has 0 saturated heterocycles. The molecule has 0 fully saturated rings. The van der Waals surface area contributed by atoms with Gasteiger partial charge >= 0.3 is 0 Å². The highest BCUT2D eigenvalue weighted by Gasteiger charge is 2.22. The number of nitrogens with one attached hydrogen (secondary N) is 1. The van der Waals surface area contributed by atoms with Gasteiger partial charge in [0.1, 0.15) is 0 Å². The predicted molar refractivity (Wildman–Crippen MR) is 92.8 cm³/mol. The summed E-state index contributed by atoms with van der Waals surface area (Å²) >= 11 is 1.10. The zero-order valence-corrected chi connectivity index (χ0v) is 14.7. The van der Waals surface area contributed by atoms with E-state index in [1.807, 2.05) is 62.4 Å². The van der Waals surface area contributed by atoms with Crippen LogP contribution in [0.25, 0.3) is 5.69 Å². The number of carbonyl (C=O) groups excluding carboxylic acids is 1. The quantitative estimate of drug-likeness (QED) is 0.561. The minimum atomic E-state index is -0.561. The van der Waals surface area contributed by atoms with Crippen LogP contribution in [0.1, 0.15) is 11.1 Å². The third-order valence-corrected chi connectivity index (χ3v) is 4.68. The summed E-state index contributed by atoms with van der Waals surface area (Å²) in [5.74, 6) is -0.673. The molecule has 1 heterocycles. The van der Waals surface area contributed by atoms with Gasteiger partial charge in [0.25, 0.3) is 5.03 Å². The molecule has 0 aliphatic rings. The normalized spacial score (nSPS) is 10.6. The van der Waals surface area contributed by atoms with Crippen LogP contribution in [0, 0.1) is 13.8 Å². The maximum atomic E-state index is 12.3. The molecule has 7 heteroatoms. The summed E-state index contributed by atoms with van der Waals surface area (Å²) in [6, 6.07) is 15.0. The lowest BCUT2D eigenvalue weighted by Crippen LogP contribution is -2.35. The van der Waals surface area contributed by atoms with Crippen LogP contribution in [0.4, 0.5) is 5.69 Å². The molecular weight excluding hydrogens is 338 g/mol. The third kappa shape index (κ3) is 3.83. The van der Waals surface area contributed by atoms with Gasteiger partial charge in [-0.2, -0.15) is 0 Å². The number of para-hydroxylation sites is 2. The van der Waals surface area contributed by atoms with Gasteiger partial charge in [0.2, 0.25) is 11.6 Å². The molecule has 0 radical (unpaired) electrons. The fourth-order valence-electron chi connectivity index (χ4n) is 2.42. The smallest absolute Gasteiger partial charge is 0.298 e. The van der Waals surface area contributed by atoms with Gasteiger partial charge in [-0.25, -0.2) is 0 Å². The van der Waals surface area contributed by atoms with Crippen LogP contribution in [-0.4, -0.2) is 16.9 Å². The van der Waals surface area contributed by atoms with Crippen molar-refractivity contribution in [3.05, 3.63) is 59.7 Å². The van der Waals surface area contributed by atoms with Crippen molar-refractivity contribution >= 4 is 23.4 Å². The molecule has 0 atom stereocenters. The molecule has 1 aromatic heterocycles. The van der Waals surface area contributed by atoms with E-state index in [0.717, 1.165) is 28.6 Å². The van der Waals surface area contributed by atoms with Crippen LogP contribution in [-0.2, 0) is 4.79 Å². The van der Waals surface area contributed by atoms with Crippen LogP contribution in [0.2, 0.25) is 0 Å². The highest BCUT2D eigenvalue weighted by Crippen LogP contribution is 2.24. The number of hydrogen-bond acceptors (Lipinski definition) is 5. The van der Waals surface area contributed by atoms with Crippen molar-refractivity contribution in [2.24, 2.45) is 0 Å². The Morgan fingerprint density at radius 1 is 1.16 bits per heavy atom. The maximum absolute atomic E-state index is 12.3. The van der Waals surface area contributed by atoms with Crippen LogP contribution >= 0.6 is 11.8 Å². The molecule has 1 amide bonds. The molecule has 0 spiro atoms. The molecule has 0 saturated carbocycles. The second-order valence-corrected chi connectivity index (χ2v) is 6.48. The van der Waals surface area contributed by atoms with Crippen LogP contribution in [0.15, 0.2) is 58.1 Å². The van der Waals surface area contributed by atoms with E-state index in [0.29, 0.717) is 5.69 Å². The molecular formula is C18H17N3O3S. The summed E-state index contributed by atoms with van der Waals surface area (Å²) in [6.07, 6.45) is 0. The number of rotatable bonds is 5. The Bertz CT molecular complexity index is 874. The largest absolute Gasteiger partial charge is 0.538 e. The van der Waals surface area contributed by atoms with Gasteiger partial charge < -0.3 is 14.9 Å². The monoisotopic (exact) mass is 355 g/mol. The summed E-state index contributed by atoms with van der Waals surface area (Å²) in [6.45, 7) is 3.88. The Morgan fingerprint density at radius 3 is 2.52 bits per heavy atom. The predicted octanol–water partition coefficient (Wildman–Crippen LogP) is 2.37. The van der Waals surface area contributed by atoms with E-state index in [2.05, 4.69) is 10.6 Å². The van der Waals surface area contributed by atoms with Crippen molar-refractivity contribution in [3.8, 4) is 11.6 Å². The number of aromatic nitrogens is 2. The number of benzene rings is 2. The fourth-order valence-corrected chi connectivity index (χ4v) is 3.17. The Balaban J connectivity index is 1.72. The van der Waals surface area contributed by atoms with Crippen molar-refractivity contribution in [2.45, 2.75) is 18.9 Å². The number of thioether (sulfide) groups is 1. The van der Waals surface area contributed by atoms with E-state index < -0.39 is 5.95 Å². The first kappa shape index (κ1) is 17.0. The minimum Gasteiger partial charge on any atom is -0.538 e. The van der Waals surface area contributed by atoms with E-state index in [9.17, 15) is 9.90 Å². The molecule has 1 N–H and O–H groups in total. The van der Waals surface area contributed by atoms with Crippen LogP contribution in [0.3, 0.4) is 0 Å². The number of nitrogens with zero attached hydrogens (tertiary/aromatic N) is 2. The molecule has 0 aliphatic carbocycles. The van der Waals surface area contributed by atoms with Gasteiger partial charge in [-0.15, -0.1) is 0 Å². The maximum Gasteiger partial charge on any atom is 0.298 e. The second kappa shape index (κ2) is 7.40. The highest BCUT2D eigenvalue weighted by atomic mass is 32.2. The van der Waals surface area contributed by atoms with Gasteiger partial charge in [0.05, 0.1) is 11.0 Å². The first-order chi connectivity index (χ1) is 12.1. The molecule has 6 nitrogen and oxygen atoms in total. The first-order valence-corrected chi connectivity index (χ1v) is 8.68. The van der Waals surface area contributed by atoms with Crippen LogP contribution in [0.5, 0.6) is 5.95 Å². The number of amides is 1. The summed E-state index contributed by atoms with van der Waals surface area (Å²) in [4.78, 5) is 12.3. The van der Waals surface area contributed by atoms with E-state index in [1.54, 1.807) is 0 Å². The van der Waals surface area contributed by atoms with E-state index in [1.165, 1.54) is 4.68 Å². The third-order valence-electron chi connectivity index (χ3n) is 3.66. The van der Waals surface area contributed by atoms with Gasteiger partial charge in [-0.1, -0.05) is 36.4 Å². The molecule has 0 bridgehead atoms. The summed E-state index contributed by atoms with van der Waals surface area (Å²) < 4.78 is 6.15. The molecule has 3 rings (SSSR count). The molecule has 2 aromatic carbocycles. The van der Waals surface area contributed by atoms with Crippen molar-refractivity contribution < 1.29 is 19.1 Å². The standard InChI is InChI=1S/C18H17N3O3S/c1-12-7-6-8-13(2)16(12)19-15(22)11-25-17-18(23)24-20-21(17)14-9-4-3-5-10-14/h3-10H,11H2,1-2H3,(H-,19,20,22,23). The van der Waals surface area contributed by atoms with Crippen molar-refractivity contribution in [2.75, 3.05) is 11.1 Å². The SMILES string of the molecule is Cc1cccc(C)c1NC(=O)CSc1c([O-])on[n+]1-c1ccccc1. The zero-order valence-electron chi connectivity index (χ0n) is 13.9. The Kier molecular flexibility index (Phi) is 5.04. The number of hydrogen-bond donors (Lipinski definition) is 1. The topological polar surface area (TPSA) is 82.1 Å². The summed E-state index contributed by atoms with van der Waals surface area (Å²) in [5.41, 5.74) is 3.49. The summed E-state index contributed by atoms with van der Waals surface area (Å²) in [5, 5.41) is 18.8. The highest BCUT2D eigenvalue weighted by molar-refractivity contribution is 7.99. The minimum absolute atomic E-state index is 0.0804. The molecule has 0 unspecified atom stereocenters. The van der Waals surface area contributed by atoms with E-state index in [4.69, 9.17) is 4.52 Å². The van der Waals surface area contributed by atoms with Crippen molar-refractivity contribution in [1.29, 1.82) is 0 Å². The van der Waals surface area contributed by atoms with Crippen molar-refractivity contribution in [3.63, 3.8) is 0 Å². The molecule has 0 aliphatic heterocycles. The molecule has 3 aromatic rings. The first-order valence-electron chi connectivity index (χ1n) is 7.69. The molecule has 128 valence electrons. The average molecular weight is 355 g/mol. The zero-order chi connectivity index (χ0) is 17.8. The average Bonchev–Trinajstić information content (AvgIpc) is 2.98. The van der Waals surface area contributed by atoms with E-state index in [-0.39, 0.29) is 16.7 Å². The fraction of sp³-hybridized carbons (Fsp3) is 0.167. The van der Waals surface area contributed by atoms with Crippen LogP contribution < -0.4 is 15.1 Å².